The SMILES string of the molecule is Cc1cc([C@@H]2CN(C(=O)C3=Cc4ccccc4OC3)CCO2)nc(C)n1. The molecule has 1 atom stereocenters. The molecule has 0 radical (unpaired) electrons. The van der Waals surface area contributed by atoms with Crippen LogP contribution in [0.4, 0.5) is 0 Å². The van der Waals surface area contributed by atoms with E-state index >= 15 is 0 Å². The summed E-state index contributed by atoms with van der Waals surface area (Å²) in [5.41, 5.74) is 3.33. The van der Waals surface area contributed by atoms with E-state index in [4.69, 9.17) is 9.47 Å². The Morgan fingerprint density at radius 1 is 1.23 bits per heavy atom. The molecule has 0 saturated carbocycles. The van der Waals surface area contributed by atoms with Crippen molar-refractivity contribution in [2.24, 2.45) is 0 Å². The van der Waals surface area contributed by atoms with Crippen LogP contribution in [0.5, 0.6) is 5.75 Å². The third kappa shape index (κ3) is 3.32. The molecular formula is C20H21N3O3. The van der Waals surface area contributed by atoms with Crippen molar-refractivity contribution in [2.45, 2.75) is 20.0 Å². The summed E-state index contributed by atoms with van der Waals surface area (Å²) in [6.07, 6.45) is 1.69. The highest BCUT2D eigenvalue weighted by Gasteiger charge is 2.29. The second-order valence-electron chi connectivity index (χ2n) is 6.59. The number of nitrogens with zero attached hydrogens (tertiary/aromatic N) is 3. The monoisotopic (exact) mass is 351 g/mol. The zero-order chi connectivity index (χ0) is 18.1. The van der Waals surface area contributed by atoms with Crippen LogP contribution in [0.15, 0.2) is 35.9 Å². The summed E-state index contributed by atoms with van der Waals surface area (Å²) in [4.78, 5) is 23.6. The lowest BCUT2D eigenvalue weighted by Crippen LogP contribution is -2.44. The van der Waals surface area contributed by atoms with E-state index in [1.54, 1.807) is 0 Å². The summed E-state index contributed by atoms with van der Waals surface area (Å²) in [5, 5.41) is 0. The molecule has 2 aliphatic rings. The fourth-order valence-corrected chi connectivity index (χ4v) is 3.37. The summed E-state index contributed by atoms with van der Waals surface area (Å²) >= 11 is 0. The van der Waals surface area contributed by atoms with Crippen LogP contribution in [0, 0.1) is 13.8 Å². The van der Waals surface area contributed by atoms with Crippen molar-refractivity contribution in [2.75, 3.05) is 26.3 Å². The number of aromatic nitrogens is 2. The average Bonchev–Trinajstić information content (AvgIpc) is 2.66. The summed E-state index contributed by atoms with van der Waals surface area (Å²) in [6.45, 7) is 5.63. The van der Waals surface area contributed by atoms with E-state index in [1.165, 1.54) is 0 Å². The van der Waals surface area contributed by atoms with Gasteiger partial charge in [0.1, 0.15) is 24.3 Å². The second kappa shape index (κ2) is 6.88. The van der Waals surface area contributed by atoms with Gasteiger partial charge in [-0.05, 0) is 32.1 Å². The Bertz CT molecular complexity index is 858. The fourth-order valence-electron chi connectivity index (χ4n) is 3.37. The maximum atomic E-state index is 13.0. The average molecular weight is 351 g/mol. The van der Waals surface area contributed by atoms with Crippen LogP contribution in [0.3, 0.4) is 0 Å². The summed E-state index contributed by atoms with van der Waals surface area (Å²) in [5.74, 6) is 1.53. The lowest BCUT2D eigenvalue weighted by atomic mass is 10.1. The molecule has 0 aliphatic carbocycles. The number of hydrogen-bond donors (Lipinski definition) is 0. The van der Waals surface area contributed by atoms with Crippen molar-refractivity contribution in [3.05, 3.63) is 58.7 Å². The predicted molar refractivity (Wildman–Crippen MR) is 96.7 cm³/mol. The Morgan fingerprint density at radius 2 is 2.08 bits per heavy atom. The van der Waals surface area contributed by atoms with Gasteiger partial charge in [-0.15, -0.1) is 0 Å². The molecule has 1 aromatic heterocycles. The van der Waals surface area contributed by atoms with Crippen molar-refractivity contribution in [1.82, 2.24) is 14.9 Å². The normalized spacial score (nSPS) is 19.4. The van der Waals surface area contributed by atoms with Crippen LogP contribution in [0.1, 0.15) is 28.9 Å². The molecule has 0 spiro atoms. The highest BCUT2D eigenvalue weighted by Crippen LogP contribution is 2.28. The number of fused-ring (bicyclic) bond motifs is 1. The van der Waals surface area contributed by atoms with E-state index in [2.05, 4.69) is 9.97 Å². The van der Waals surface area contributed by atoms with Crippen LogP contribution in [-0.4, -0.2) is 47.1 Å². The maximum absolute atomic E-state index is 13.0. The van der Waals surface area contributed by atoms with Crippen LogP contribution < -0.4 is 4.74 Å². The number of ether oxygens (including phenoxy) is 2. The lowest BCUT2D eigenvalue weighted by Gasteiger charge is -2.33. The zero-order valence-corrected chi connectivity index (χ0v) is 14.9. The van der Waals surface area contributed by atoms with E-state index in [0.717, 1.165) is 22.7 Å². The number of benzene rings is 1. The Hall–Kier alpha value is -2.73. The molecule has 1 amide bonds. The minimum Gasteiger partial charge on any atom is -0.488 e. The van der Waals surface area contributed by atoms with E-state index in [9.17, 15) is 4.79 Å². The molecule has 1 saturated heterocycles. The van der Waals surface area contributed by atoms with Gasteiger partial charge in [-0.1, -0.05) is 18.2 Å². The molecule has 2 aromatic rings. The summed E-state index contributed by atoms with van der Waals surface area (Å²) in [7, 11) is 0. The number of rotatable bonds is 2. The molecule has 4 rings (SSSR count). The van der Waals surface area contributed by atoms with Gasteiger partial charge in [0, 0.05) is 17.8 Å². The first-order valence-electron chi connectivity index (χ1n) is 8.75. The van der Waals surface area contributed by atoms with Gasteiger partial charge in [-0.3, -0.25) is 4.79 Å². The number of hydrogen-bond acceptors (Lipinski definition) is 5. The van der Waals surface area contributed by atoms with Gasteiger partial charge in [0.25, 0.3) is 5.91 Å². The number of aryl methyl sites for hydroxylation is 2. The minimum absolute atomic E-state index is 0.00435. The number of carbonyl (C=O) groups is 1. The van der Waals surface area contributed by atoms with E-state index in [1.807, 2.05) is 55.2 Å². The number of para-hydroxylation sites is 1. The van der Waals surface area contributed by atoms with Crippen molar-refractivity contribution in [3.63, 3.8) is 0 Å². The largest absolute Gasteiger partial charge is 0.488 e. The van der Waals surface area contributed by atoms with E-state index < -0.39 is 0 Å². The van der Waals surface area contributed by atoms with Crippen LogP contribution in [0.25, 0.3) is 6.08 Å². The fraction of sp³-hybridized carbons (Fsp3) is 0.350. The Balaban J connectivity index is 1.53. The van der Waals surface area contributed by atoms with Crippen LogP contribution in [0.2, 0.25) is 0 Å². The quantitative estimate of drug-likeness (QED) is 0.832. The van der Waals surface area contributed by atoms with Gasteiger partial charge >= 0.3 is 0 Å². The first-order valence-corrected chi connectivity index (χ1v) is 8.75. The first-order chi connectivity index (χ1) is 12.6. The zero-order valence-electron chi connectivity index (χ0n) is 14.9. The van der Waals surface area contributed by atoms with E-state index in [0.29, 0.717) is 37.7 Å². The minimum atomic E-state index is -0.231. The third-order valence-electron chi connectivity index (χ3n) is 4.58. The first kappa shape index (κ1) is 16.7. The van der Waals surface area contributed by atoms with Gasteiger partial charge in [-0.2, -0.15) is 0 Å². The van der Waals surface area contributed by atoms with Crippen molar-refractivity contribution >= 4 is 12.0 Å². The molecule has 26 heavy (non-hydrogen) atoms. The molecule has 2 aliphatic heterocycles. The van der Waals surface area contributed by atoms with Gasteiger partial charge < -0.3 is 14.4 Å². The molecule has 1 aromatic carbocycles. The Kier molecular flexibility index (Phi) is 4.42. The van der Waals surface area contributed by atoms with Crippen molar-refractivity contribution in [1.29, 1.82) is 0 Å². The maximum Gasteiger partial charge on any atom is 0.253 e. The van der Waals surface area contributed by atoms with Gasteiger partial charge in [-0.25, -0.2) is 9.97 Å². The highest BCUT2D eigenvalue weighted by molar-refractivity contribution is 5.99. The molecule has 1 fully saturated rings. The smallest absolute Gasteiger partial charge is 0.253 e. The lowest BCUT2D eigenvalue weighted by molar-refractivity contribution is -0.135. The second-order valence-corrected chi connectivity index (χ2v) is 6.59. The number of carbonyl (C=O) groups excluding carboxylic acids is 1. The predicted octanol–water partition coefficient (Wildman–Crippen LogP) is 2.47. The summed E-state index contributed by atoms with van der Waals surface area (Å²) < 4.78 is 11.6. The molecule has 0 bridgehead atoms. The van der Waals surface area contributed by atoms with Crippen molar-refractivity contribution < 1.29 is 14.3 Å². The van der Waals surface area contributed by atoms with E-state index in [-0.39, 0.29) is 12.0 Å². The Labute approximate surface area is 152 Å². The molecule has 0 unspecified atom stereocenters. The van der Waals surface area contributed by atoms with Crippen molar-refractivity contribution in [3.8, 4) is 5.75 Å². The Morgan fingerprint density at radius 3 is 2.92 bits per heavy atom. The molecule has 0 N–H and O–H groups in total. The standard InChI is InChI=1S/C20H21N3O3/c1-13-9-17(22-14(2)21-13)19-11-23(7-8-25-19)20(24)16-10-15-5-3-4-6-18(15)26-12-16/h3-6,9-10,19H,7-8,11-12H2,1-2H3/t19-/m0/s1. The molecule has 6 nitrogen and oxygen atoms in total. The highest BCUT2D eigenvalue weighted by atomic mass is 16.5. The van der Waals surface area contributed by atoms with Gasteiger partial charge in [0.15, 0.2) is 0 Å². The van der Waals surface area contributed by atoms with Gasteiger partial charge in [0.05, 0.1) is 24.4 Å². The third-order valence-corrected chi connectivity index (χ3v) is 4.58. The van der Waals surface area contributed by atoms with Crippen LogP contribution >= 0.6 is 0 Å². The number of morpholine rings is 1. The van der Waals surface area contributed by atoms with Crippen LogP contribution in [-0.2, 0) is 9.53 Å². The molecular weight excluding hydrogens is 330 g/mol. The molecule has 134 valence electrons. The topological polar surface area (TPSA) is 64.6 Å². The molecule has 6 heteroatoms. The van der Waals surface area contributed by atoms with Gasteiger partial charge in [0.2, 0.25) is 0 Å². The summed E-state index contributed by atoms with van der Waals surface area (Å²) in [6, 6.07) is 9.66. The number of amides is 1. The molecule has 3 heterocycles.